The van der Waals surface area contributed by atoms with E-state index in [1.54, 1.807) is 77.0 Å². The maximum atomic E-state index is 12.1. The van der Waals surface area contributed by atoms with Crippen molar-refractivity contribution in [1.82, 2.24) is 30.6 Å². The van der Waals surface area contributed by atoms with Gasteiger partial charge in [0.15, 0.2) is 0 Å². The minimum Gasteiger partial charge on any atom is -0.460 e. The van der Waals surface area contributed by atoms with E-state index in [4.69, 9.17) is 51.6 Å². The number of fused-ring (bicyclic) bond motifs is 4. The molecule has 0 fully saturated rings. The summed E-state index contributed by atoms with van der Waals surface area (Å²) >= 11 is 2.26. The number of carbonyl (C=O) groups excluding carboxylic acids is 2. The molecule has 0 saturated carbocycles. The van der Waals surface area contributed by atoms with Crippen LogP contribution < -0.4 is 25.6 Å². The normalized spacial score (nSPS) is 10.1. The van der Waals surface area contributed by atoms with Gasteiger partial charge in [-0.3, -0.25) is 29.5 Å². The van der Waals surface area contributed by atoms with E-state index in [0.717, 1.165) is 53.0 Å². The zero-order chi connectivity index (χ0) is 52.2. The molecule has 0 saturated heterocycles. The highest BCUT2D eigenvalue weighted by molar-refractivity contribution is 14.1. The molecular weight excluding hydrogens is 1060 g/mol. The molecule has 4 N–H and O–H groups in total. The van der Waals surface area contributed by atoms with Crippen molar-refractivity contribution < 1.29 is 37.9 Å². The van der Waals surface area contributed by atoms with Crippen molar-refractivity contribution in [2.45, 2.75) is 36.1 Å². The standard InChI is InChI=1S/C25H19N3O3.C20H15IN2O3.C5H6BNO2.3CH4.B7H3/c1-15-24(25(29)26-2)20-6-4-18(14-23(20)30-15)31-22-9-12-28-21-13-17(3-5-19(21)22)16-7-10-27-11-8-16;1-11-19(20(24)22-2)15-6-4-13(10-18(15)25-11)26-17-7-8-23-16-9-12(21)3-5-14(16)17;8-6(9)5-1-3-7-4-2-5;;;;1-5-7(4)6(2)3/h3-14H,1-2H3,(H,26,29);3-10H,1-2H3,(H,22,24);1-4,8-9H;3*1H4;1H3/q;;;;;;-1. The Hall–Kier alpha value is -7.21. The lowest BCUT2D eigenvalue weighted by Gasteiger charge is -2.10. The van der Waals surface area contributed by atoms with Gasteiger partial charge in [-0.15, -0.1) is 0 Å². The molecule has 6 heterocycles. The number of aromatic nitrogens is 4. The molecule has 2 amide bonds. The molecule has 0 unspecified atom stereocenters. The van der Waals surface area contributed by atoms with Crippen molar-refractivity contribution in [1.29, 1.82) is 0 Å². The first-order chi connectivity index (χ1) is 35.2. The summed E-state index contributed by atoms with van der Waals surface area (Å²) in [6.07, 6.45) is 9.62. The number of furan rings is 2. The lowest BCUT2D eigenvalue weighted by atomic mass is 8.76. The molecule has 23 heteroatoms. The number of rotatable bonds is 10. The van der Waals surface area contributed by atoms with Crippen LogP contribution in [0.4, 0.5) is 0 Å². The van der Waals surface area contributed by atoms with Crippen molar-refractivity contribution in [3.05, 3.63) is 173 Å². The third kappa shape index (κ3) is 15.0. The molecule has 0 bridgehead atoms. The molecule has 10 aromatic rings. The van der Waals surface area contributed by atoms with Crippen LogP contribution in [0.3, 0.4) is 0 Å². The number of benzene rings is 4. The smallest absolute Gasteiger partial charge is 0.460 e. The first-order valence-electron chi connectivity index (χ1n) is 22.1. The van der Waals surface area contributed by atoms with Crippen LogP contribution in [0.2, 0.25) is 0 Å². The Bertz CT molecular complexity index is 3520. The molecule has 14 nitrogen and oxygen atoms in total. The van der Waals surface area contributed by atoms with Crippen LogP contribution in [0.5, 0.6) is 23.0 Å². The highest BCUT2D eigenvalue weighted by atomic mass is 127. The Kier molecular flexibility index (Phi) is 23.1. The Morgan fingerprint density at radius 1 is 0.605 bits per heavy atom. The number of carbonyl (C=O) groups is 2. The fourth-order valence-electron chi connectivity index (χ4n) is 7.25. The number of halogens is 1. The zero-order valence-corrected chi connectivity index (χ0v) is 41.6. The number of nitrogens with one attached hydrogen (secondary N) is 2. The molecule has 76 heavy (non-hydrogen) atoms. The summed E-state index contributed by atoms with van der Waals surface area (Å²) in [7, 11) is 19.9. The first-order valence-corrected chi connectivity index (χ1v) is 23.2. The van der Waals surface area contributed by atoms with Crippen LogP contribution >= 0.6 is 22.6 Å². The molecule has 0 atom stereocenters. The third-order valence-corrected chi connectivity index (χ3v) is 11.5. The minimum absolute atomic E-state index is 0. The number of aryl methyl sites for hydroxylation is 2. The van der Waals surface area contributed by atoms with Crippen LogP contribution in [0.15, 0.2) is 155 Å². The molecular formula is C53H55B8IN6O8-. The summed E-state index contributed by atoms with van der Waals surface area (Å²) < 4.78 is 24.9. The lowest BCUT2D eigenvalue weighted by Crippen LogP contribution is -2.43. The topological polar surface area (TPSA) is 195 Å². The van der Waals surface area contributed by atoms with Crippen LogP contribution in [-0.4, -0.2) is 114 Å². The second-order valence-electron chi connectivity index (χ2n) is 15.8. The van der Waals surface area contributed by atoms with Crippen LogP contribution in [0.1, 0.15) is 54.5 Å². The van der Waals surface area contributed by atoms with Gasteiger partial charge in [-0.25, -0.2) is 0 Å². The van der Waals surface area contributed by atoms with E-state index >= 15 is 0 Å². The number of hydrogen-bond acceptors (Lipinski definition) is 12. The van der Waals surface area contributed by atoms with Gasteiger partial charge in [0.2, 0.25) is 0 Å². The van der Waals surface area contributed by atoms with Crippen LogP contribution in [0, 0.1) is 17.4 Å². The molecule has 0 aliphatic rings. The number of ether oxygens (including phenoxy) is 2. The molecule has 0 aliphatic carbocycles. The Morgan fingerprint density at radius 3 is 1.47 bits per heavy atom. The highest BCUT2D eigenvalue weighted by Crippen LogP contribution is 2.36. The summed E-state index contributed by atoms with van der Waals surface area (Å²) in [6.45, 7) is 3.56. The summed E-state index contributed by atoms with van der Waals surface area (Å²) in [5.41, 5.74) is 6.64. The Labute approximate surface area is 464 Å². The fourth-order valence-corrected chi connectivity index (χ4v) is 7.72. The fraction of sp³-hybridized carbons (Fsp3) is 0.132. The SMILES string of the molecule is C.C.C.CNC(=O)c1c(C)oc2cc(Oc3ccnc4cc(-c5ccncc5)ccc34)ccc12.CNC(=O)c1c(C)oc2cc(Oc3ccnc4cc(I)ccc34)ccc12.OB(O)c1ccncc1.[B]B([B])B([B])[B][BH3-]. The minimum atomic E-state index is -1.38. The maximum absolute atomic E-state index is 12.1. The average Bonchev–Trinajstić information content (AvgIpc) is 3.92. The zero-order valence-electron chi connectivity index (χ0n) is 39.4. The van der Waals surface area contributed by atoms with Gasteiger partial charge in [-0.1, -0.05) is 36.1 Å². The summed E-state index contributed by atoms with van der Waals surface area (Å²) in [6, 6.07) is 33.8. The van der Waals surface area contributed by atoms with E-state index in [0.29, 0.717) is 56.5 Å². The Morgan fingerprint density at radius 2 is 1.05 bits per heavy atom. The molecule has 7 radical (unpaired) electrons. The summed E-state index contributed by atoms with van der Waals surface area (Å²) in [5, 5.41) is 25.8. The van der Waals surface area contributed by atoms with Crippen molar-refractivity contribution in [3.63, 3.8) is 0 Å². The summed E-state index contributed by atoms with van der Waals surface area (Å²) in [4.78, 5) is 40.9. The average molecular weight is 1120 g/mol. The first kappa shape index (κ1) is 61.3. The highest BCUT2D eigenvalue weighted by Gasteiger charge is 2.20. The van der Waals surface area contributed by atoms with E-state index in [9.17, 15) is 9.59 Å². The molecule has 6 aromatic heterocycles. The van der Waals surface area contributed by atoms with Gasteiger partial charge in [-0.05, 0) is 180 Å². The molecule has 0 aliphatic heterocycles. The van der Waals surface area contributed by atoms with E-state index in [1.165, 1.54) is 12.4 Å². The molecule has 10 rings (SSSR count). The number of nitrogens with zero attached hydrogens (tertiary/aromatic N) is 4. The number of amides is 2. The van der Waals surface area contributed by atoms with E-state index in [1.807, 2.05) is 92.0 Å². The predicted octanol–water partition coefficient (Wildman–Crippen LogP) is 7.75. The van der Waals surface area contributed by atoms with Gasteiger partial charge < -0.3 is 39.0 Å². The van der Waals surface area contributed by atoms with Crippen LogP contribution in [0.25, 0.3) is 54.9 Å². The second-order valence-corrected chi connectivity index (χ2v) is 17.0. The van der Waals surface area contributed by atoms with Crippen molar-refractivity contribution in [3.8, 4) is 34.1 Å². The van der Waals surface area contributed by atoms with Gasteiger partial charge in [0.25, 0.3) is 11.8 Å². The van der Waals surface area contributed by atoms with Crippen molar-refractivity contribution >= 4 is 142 Å². The number of hydrogen-bond donors (Lipinski definition) is 4. The van der Waals surface area contributed by atoms with Gasteiger partial charge in [0.1, 0.15) is 45.7 Å². The lowest BCUT2D eigenvalue weighted by molar-refractivity contribution is 0.0954. The van der Waals surface area contributed by atoms with Gasteiger partial charge >= 0.3 is 7.12 Å². The third-order valence-electron chi connectivity index (χ3n) is 10.9. The molecule has 4 aromatic carbocycles. The van der Waals surface area contributed by atoms with Crippen LogP contribution in [-0.2, 0) is 0 Å². The molecule has 0 spiro atoms. The van der Waals surface area contributed by atoms with E-state index in [2.05, 4.69) is 53.2 Å². The monoisotopic (exact) mass is 1120 g/mol. The number of pyridine rings is 4. The maximum Gasteiger partial charge on any atom is 0.488 e. The molecule has 377 valence electrons. The van der Waals surface area contributed by atoms with Gasteiger partial charge in [-0.2, -0.15) is 7.06 Å². The Balaban J connectivity index is 0.000000249. The predicted molar refractivity (Wildman–Crippen MR) is 327 cm³/mol. The van der Waals surface area contributed by atoms with Gasteiger partial charge in [0, 0.05) is 88.5 Å². The largest absolute Gasteiger partial charge is 0.488 e. The van der Waals surface area contributed by atoms with Crippen molar-refractivity contribution in [2.24, 2.45) is 0 Å². The van der Waals surface area contributed by atoms with Crippen molar-refractivity contribution in [2.75, 3.05) is 14.1 Å². The second kappa shape index (κ2) is 28.6. The quantitative estimate of drug-likeness (QED) is 0.0770. The summed E-state index contributed by atoms with van der Waals surface area (Å²) in [5.74, 6) is 3.50. The van der Waals surface area contributed by atoms with Gasteiger partial charge in [0.05, 0.1) is 22.2 Å². The van der Waals surface area contributed by atoms with E-state index < -0.39 is 7.12 Å². The van der Waals surface area contributed by atoms with E-state index in [-0.39, 0.29) is 54.6 Å².